The smallest absolute Gasteiger partial charge is 0.248 e. The lowest BCUT2D eigenvalue weighted by molar-refractivity contribution is 0.0999. The van der Waals surface area contributed by atoms with Crippen LogP contribution in [0.4, 0.5) is 0 Å². The quantitative estimate of drug-likeness (QED) is 0.830. The number of carbonyl (C=O) groups excluding carboxylic acids is 1. The van der Waals surface area contributed by atoms with Crippen LogP contribution in [0.3, 0.4) is 0 Å². The van der Waals surface area contributed by atoms with Crippen LogP contribution in [0.5, 0.6) is 0 Å². The first kappa shape index (κ1) is 13.2. The van der Waals surface area contributed by atoms with Crippen LogP contribution in [0, 0.1) is 0 Å². The zero-order chi connectivity index (χ0) is 9.84. The molecule has 0 saturated heterocycles. The van der Waals surface area contributed by atoms with Crippen LogP contribution in [-0.2, 0) is 6.42 Å². The van der Waals surface area contributed by atoms with Crippen molar-refractivity contribution in [2.75, 3.05) is 6.54 Å². The van der Waals surface area contributed by atoms with Crippen LogP contribution < -0.4 is 11.5 Å². The van der Waals surface area contributed by atoms with Gasteiger partial charge in [-0.1, -0.05) is 11.6 Å². The summed E-state index contributed by atoms with van der Waals surface area (Å²) in [4.78, 5) is 10.9. The zero-order valence-electron chi connectivity index (χ0n) is 7.50. The van der Waals surface area contributed by atoms with Gasteiger partial charge in [0.2, 0.25) is 5.91 Å². The largest absolute Gasteiger partial charge is 0.366 e. The molecule has 4 N–H and O–H groups in total. The minimum Gasteiger partial charge on any atom is -0.366 e. The molecule has 5 heteroatoms. The Morgan fingerprint density at radius 2 is 2.07 bits per heavy atom. The minimum absolute atomic E-state index is 0. The Labute approximate surface area is 93.8 Å². The van der Waals surface area contributed by atoms with Crippen molar-refractivity contribution in [3.63, 3.8) is 0 Å². The molecule has 0 aliphatic carbocycles. The fourth-order valence-electron chi connectivity index (χ4n) is 1.17. The SMILES string of the molecule is Cl.NCCc1cc(Cl)ccc1C(N)=O. The van der Waals surface area contributed by atoms with E-state index in [2.05, 4.69) is 0 Å². The fourth-order valence-corrected chi connectivity index (χ4v) is 1.36. The molecule has 0 aliphatic heterocycles. The van der Waals surface area contributed by atoms with Crippen molar-refractivity contribution in [3.8, 4) is 0 Å². The molecule has 0 aromatic heterocycles. The van der Waals surface area contributed by atoms with Gasteiger partial charge in [-0.3, -0.25) is 4.79 Å². The molecular weight excluding hydrogens is 223 g/mol. The minimum atomic E-state index is -0.444. The van der Waals surface area contributed by atoms with E-state index < -0.39 is 5.91 Å². The summed E-state index contributed by atoms with van der Waals surface area (Å²) in [6.07, 6.45) is 0.610. The molecule has 0 radical (unpaired) electrons. The lowest BCUT2D eigenvalue weighted by atomic mass is 10.0. The van der Waals surface area contributed by atoms with Crippen LogP contribution >= 0.6 is 24.0 Å². The second kappa shape index (κ2) is 5.86. The third-order valence-electron chi connectivity index (χ3n) is 1.75. The number of carbonyl (C=O) groups is 1. The Morgan fingerprint density at radius 3 is 2.57 bits per heavy atom. The summed E-state index contributed by atoms with van der Waals surface area (Å²) in [5.41, 5.74) is 11.9. The molecule has 0 fully saturated rings. The van der Waals surface area contributed by atoms with Gasteiger partial charge in [0.15, 0.2) is 0 Å². The summed E-state index contributed by atoms with van der Waals surface area (Å²) in [7, 11) is 0. The highest BCUT2D eigenvalue weighted by Gasteiger charge is 2.07. The monoisotopic (exact) mass is 234 g/mol. The zero-order valence-corrected chi connectivity index (χ0v) is 9.07. The van der Waals surface area contributed by atoms with Crippen molar-refractivity contribution in [2.45, 2.75) is 6.42 Å². The molecule has 78 valence electrons. The van der Waals surface area contributed by atoms with E-state index in [1.807, 2.05) is 0 Å². The molecule has 0 aliphatic rings. The Bertz CT molecular complexity index is 329. The first-order chi connectivity index (χ1) is 6.15. The highest BCUT2D eigenvalue weighted by Crippen LogP contribution is 2.15. The molecule has 0 spiro atoms. The van der Waals surface area contributed by atoms with E-state index in [1.54, 1.807) is 18.2 Å². The van der Waals surface area contributed by atoms with Crippen molar-refractivity contribution in [2.24, 2.45) is 11.5 Å². The van der Waals surface area contributed by atoms with Gasteiger partial charge in [0, 0.05) is 10.6 Å². The number of hydrogen-bond donors (Lipinski definition) is 2. The first-order valence-electron chi connectivity index (χ1n) is 3.93. The van der Waals surface area contributed by atoms with Gasteiger partial charge in [-0.2, -0.15) is 0 Å². The van der Waals surface area contributed by atoms with Gasteiger partial charge in [-0.25, -0.2) is 0 Å². The summed E-state index contributed by atoms with van der Waals surface area (Å²) in [5.74, 6) is -0.444. The average Bonchev–Trinajstić information content (AvgIpc) is 2.04. The molecule has 1 aromatic carbocycles. The summed E-state index contributed by atoms with van der Waals surface area (Å²) in [6.45, 7) is 0.473. The van der Waals surface area contributed by atoms with Crippen molar-refractivity contribution in [3.05, 3.63) is 34.3 Å². The number of nitrogens with two attached hydrogens (primary N) is 2. The molecule has 3 nitrogen and oxygen atoms in total. The summed E-state index contributed by atoms with van der Waals surface area (Å²) >= 11 is 5.76. The lowest BCUT2D eigenvalue weighted by Crippen LogP contribution is -2.15. The molecule has 1 amide bonds. The third-order valence-corrected chi connectivity index (χ3v) is 1.98. The van der Waals surface area contributed by atoms with E-state index >= 15 is 0 Å². The van der Waals surface area contributed by atoms with E-state index in [0.717, 1.165) is 5.56 Å². The molecule has 14 heavy (non-hydrogen) atoms. The Hall–Kier alpha value is -0.770. The number of amides is 1. The van der Waals surface area contributed by atoms with E-state index in [1.165, 1.54) is 0 Å². The summed E-state index contributed by atoms with van der Waals surface area (Å²) in [6, 6.07) is 4.98. The maximum Gasteiger partial charge on any atom is 0.248 e. The van der Waals surface area contributed by atoms with Crippen LogP contribution in [-0.4, -0.2) is 12.5 Å². The Balaban J connectivity index is 0.00000169. The van der Waals surface area contributed by atoms with Crippen LogP contribution in [0.15, 0.2) is 18.2 Å². The van der Waals surface area contributed by atoms with Gasteiger partial charge in [0.25, 0.3) is 0 Å². The van der Waals surface area contributed by atoms with Crippen molar-refractivity contribution in [1.29, 1.82) is 0 Å². The molecule has 0 bridgehead atoms. The number of hydrogen-bond acceptors (Lipinski definition) is 2. The number of primary amides is 1. The molecule has 1 rings (SSSR count). The van der Waals surface area contributed by atoms with Gasteiger partial charge in [-0.05, 0) is 36.7 Å². The molecule has 0 unspecified atom stereocenters. The predicted octanol–water partition coefficient (Wildman–Crippen LogP) is 1.36. The third kappa shape index (κ3) is 3.18. The molecule has 0 saturated carbocycles. The van der Waals surface area contributed by atoms with Gasteiger partial charge in [0.05, 0.1) is 0 Å². The molecule has 1 aromatic rings. The van der Waals surface area contributed by atoms with Gasteiger partial charge in [0.1, 0.15) is 0 Å². The molecular formula is C9H12Cl2N2O. The van der Waals surface area contributed by atoms with E-state index in [9.17, 15) is 4.79 Å². The predicted molar refractivity (Wildman–Crippen MR) is 60.0 cm³/mol. The Morgan fingerprint density at radius 1 is 1.43 bits per heavy atom. The fraction of sp³-hybridized carbons (Fsp3) is 0.222. The number of rotatable bonds is 3. The normalized spacial score (nSPS) is 9.29. The highest BCUT2D eigenvalue weighted by molar-refractivity contribution is 6.30. The van der Waals surface area contributed by atoms with E-state index in [0.29, 0.717) is 23.6 Å². The van der Waals surface area contributed by atoms with Crippen molar-refractivity contribution < 1.29 is 4.79 Å². The molecule has 0 atom stereocenters. The van der Waals surface area contributed by atoms with Gasteiger partial charge >= 0.3 is 0 Å². The highest BCUT2D eigenvalue weighted by atomic mass is 35.5. The van der Waals surface area contributed by atoms with E-state index in [-0.39, 0.29) is 12.4 Å². The van der Waals surface area contributed by atoms with Crippen LogP contribution in [0.1, 0.15) is 15.9 Å². The van der Waals surface area contributed by atoms with Crippen molar-refractivity contribution in [1.82, 2.24) is 0 Å². The Kier molecular flexibility index (Phi) is 5.53. The summed E-state index contributed by atoms with van der Waals surface area (Å²) < 4.78 is 0. The van der Waals surface area contributed by atoms with Crippen LogP contribution in [0.25, 0.3) is 0 Å². The maximum atomic E-state index is 10.9. The van der Waals surface area contributed by atoms with Gasteiger partial charge in [-0.15, -0.1) is 12.4 Å². The maximum absolute atomic E-state index is 10.9. The van der Waals surface area contributed by atoms with Gasteiger partial charge < -0.3 is 11.5 Å². The topological polar surface area (TPSA) is 69.1 Å². The lowest BCUT2D eigenvalue weighted by Gasteiger charge is -2.05. The standard InChI is InChI=1S/C9H11ClN2O.ClH/c10-7-1-2-8(9(12)13)6(5-7)3-4-11;/h1-2,5H,3-4,11H2,(H2,12,13);1H. The first-order valence-corrected chi connectivity index (χ1v) is 4.31. The molecule has 0 heterocycles. The summed E-state index contributed by atoms with van der Waals surface area (Å²) in [5, 5.41) is 0.591. The second-order valence-electron chi connectivity index (χ2n) is 2.70. The second-order valence-corrected chi connectivity index (χ2v) is 3.14. The van der Waals surface area contributed by atoms with Crippen LogP contribution in [0.2, 0.25) is 5.02 Å². The average molecular weight is 235 g/mol. The number of halogens is 2. The van der Waals surface area contributed by atoms with Crippen molar-refractivity contribution >= 4 is 29.9 Å². The van der Waals surface area contributed by atoms with E-state index in [4.69, 9.17) is 23.1 Å². The number of benzene rings is 1.